The Morgan fingerprint density at radius 2 is 2.45 bits per heavy atom. The number of amides is 1. The maximum Gasteiger partial charge on any atom is 0.228 e. The van der Waals surface area contributed by atoms with Crippen molar-refractivity contribution in [3.8, 4) is 0 Å². The summed E-state index contributed by atoms with van der Waals surface area (Å²) in [6.07, 6.45) is 1.72. The minimum atomic E-state index is -0.0451. The number of anilines is 1. The number of H-pyrrole nitrogens is 1. The van der Waals surface area contributed by atoms with E-state index in [0.29, 0.717) is 41.0 Å². The summed E-state index contributed by atoms with van der Waals surface area (Å²) in [6, 6.07) is 0. The highest BCUT2D eigenvalue weighted by molar-refractivity contribution is 9.10. The largest absolute Gasteiger partial charge is 0.296 e. The molecule has 2 aromatic rings. The van der Waals surface area contributed by atoms with Crippen LogP contribution in [0.15, 0.2) is 16.0 Å². The Bertz CT molecular complexity index is 721. The van der Waals surface area contributed by atoms with Crippen LogP contribution in [-0.2, 0) is 4.79 Å². The lowest BCUT2D eigenvalue weighted by atomic mass is 10.1. The van der Waals surface area contributed by atoms with Gasteiger partial charge in [0.1, 0.15) is 10.9 Å². The Labute approximate surface area is 121 Å². The van der Waals surface area contributed by atoms with Gasteiger partial charge in [0.25, 0.3) is 0 Å². The number of rotatable bonds is 3. The summed E-state index contributed by atoms with van der Waals surface area (Å²) >= 11 is 3.34. The van der Waals surface area contributed by atoms with E-state index in [9.17, 15) is 4.79 Å². The summed E-state index contributed by atoms with van der Waals surface area (Å²) in [5.74, 6) is 0.481. The first-order chi connectivity index (χ1) is 9.70. The van der Waals surface area contributed by atoms with Gasteiger partial charge in [-0.1, -0.05) is 5.11 Å². The van der Waals surface area contributed by atoms with Gasteiger partial charge in [-0.2, -0.15) is 5.10 Å². The predicted molar refractivity (Wildman–Crippen MR) is 73.9 cm³/mol. The predicted octanol–water partition coefficient (Wildman–Crippen LogP) is 1.78. The van der Waals surface area contributed by atoms with Crippen LogP contribution in [0.4, 0.5) is 5.82 Å². The molecule has 2 aromatic heterocycles. The highest BCUT2D eigenvalue weighted by atomic mass is 79.9. The highest BCUT2D eigenvalue weighted by Crippen LogP contribution is 2.32. The quantitative estimate of drug-likeness (QED) is 0.521. The standard InChI is InChI=1S/C10H9BrN8O/c11-8-7-9(17-16-8)13-4-14-10(7)19-3-5(1-6(19)20)2-15-18-12/h4-5H,1-3H2,(H,13,14,16,17). The molecule has 1 unspecified atom stereocenters. The molecule has 1 atom stereocenters. The maximum absolute atomic E-state index is 12.1. The zero-order chi connectivity index (χ0) is 14.1. The lowest BCUT2D eigenvalue weighted by molar-refractivity contribution is -0.117. The molecule has 1 saturated heterocycles. The van der Waals surface area contributed by atoms with Crippen LogP contribution in [0, 0.1) is 5.92 Å². The van der Waals surface area contributed by atoms with Crippen molar-refractivity contribution < 1.29 is 4.79 Å². The van der Waals surface area contributed by atoms with E-state index >= 15 is 0 Å². The van der Waals surface area contributed by atoms with E-state index < -0.39 is 0 Å². The Kier molecular flexibility index (Phi) is 3.25. The third kappa shape index (κ3) is 2.08. The van der Waals surface area contributed by atoms with E-state index in [4.69, 9.17) is 5.53 Å². The van der Waals surface area contributed by atoms with Crippen molar-refractivity contribution in [2.75, 3.05) is 18.0 Å². The number of nitrogens with zero attached hydrogens (tertiary/aromatic N) is 7. The molecule has 0 aliphatic carbocycles. The molecule has 1 aliphatic heterocycles. The normalized spacial score (nSPS) is 18.6. The minimum absolute atomic E-state index is 0.00842. The fourth-order valence-electron chi connectivity index (χ4n) is 2.27. The number of aromatic nitrogens is 4. The third-order valence-corrected chi connectivity index (χ3v) is 3.72. The number of fused-ring (bicyclic) bond motifs is 1. The molecule has 0 saturated carbocycles. The zero-order valence-corrected chi connectivity index (χ0v) is 11.8. The second-order valence-electron chi connectivity index (χ2n) is 4.42. The van der Waals surface area contributed by atoms with Crippen LogP contribution >= 0.6 is 15.9 Å². The van der Waals surface area contributed by atoms with Crippen molar-refractivity contribution in [1.29, 1.82) is 0 Å². The van der Waals surface area contributed by atoms with Gasteiger partial charge in [0.2, 0.25) is 5.91 Å². The zero-order valence-electron chi connectivity index (χ0n) is 10.2. The first-order valence-electron chi connectivity index (χ1n) is 5.86. The molecule has 0 spiro atoms. The minimum Gasteiger partial charge on any atom is -0.296 e. The molecule has 0 bridgehead atoms. The lowest BCUT2D eigenvalue weighted by Crippen LogP contribution is -2.26. The van der Waals surface area contributed by atoms with E-state index in [1.165, 1.54) is 6.33 Å². The van der Waals surface area contributed by atoms with Crippen molar-refractivity contribution in [1.82, 2.24) is 20.2 Å². The van der Waals surface area contributed by atoms with Gasteiger partial charge < -0.3 is 0 Å². The molecule has 1 N–H and O–H groups in total. The molecule has 102 valence electrons. The van der Waals surface area contributed by atoms with Gasteiger partial charge in [-0.25, -0.2) is 9.97 Å². The van der Waals surface area contributed by atoms with Crippen molar-refractivity contribution in [2.24, 2.45) is 11.0 Å². The number of nitrogens with one attached hydrogen (secondary N) is 1. The van der Waals surface area contributed by atoms with Gasteiger partial charge in [-0.3, -0.25) is 14.8 Å². The third-order valence-electron chi connectivity index (χ3n) is 3.15. The van der Waals surface area contributed by atoms with E-state index in [-0.39, 0.29) is 11.8 Å². The summed E-state index contributed by atoms with van der Waals surface area (Å²) in [4.78, 5) is 24.6. The molecule has 9 nitrogen and oxygen atoms in total. The molecular formula is C10H9BrN8O. The van der Waals surface area contributed by atoms with Crippen LogP contribution in [0.2, 0.25) is 0 Å². The molecule has 1 amide bonds. The van der Waals surface area contributed by atoms with Crippen LogP contribution in [-0.4, -0.2) is 39.2 Å². The molecular weight excluding hydrogens is 328 g/mol. The lowest BCUT2D eigenvalue weighted by Gasteiger charge is -2.15. The average molecular weight is 337 g/mol. The SMILES string of the molecule is [N-]=[N+]=NCC1CC(=O)N(c2ncnc3n[nH]c(Br)c23)C1. The summed E-state index contributed by atoms with van der Waals surface area (Å²) in [6.45, 7) is 0.779. The summed E-state index contributed by atoms with van der Waals surface area (Å²) in [5, 5.41) is 11.0. The van der Waals surface area contributed by atoms with Crippen LogP contribution in [0.5, 0.6) is 0 Å². The van der Waals surface area contributed by atoms with Crippen LogP contribution < -0.4 is 4.90 Å². The van der Waals surface area contributed by atoms with Crippen LogP contribution in [0.25, 0.3) is 21.5 Å². The molecule has 3 heterocycles. The fraction of sp³-hybridized carbons (Fsp3) is 0.400. The van der Waals surface area contributed by atoms with Crippen molar-refractivity contribution in [3.05, 3.63) is 21.4 Å². The van der Waals surface area contributed by atoms with Crippen molar-refractivity contribution in [3.63, 3.8) is 0 Å². The maximum atomic E-state index is 12.1. The molecule has 0 aromatic carbocycles. The van der Waals surface area contributed by atoms with Gasteiger partial charge in [0.05, 0.1) is 5.39 Å². The molecule has 10 heteroatoms. The number of azide groups is 1. The van der Waals surface area contributed by atoms with E-state index in [1.807, 2.05) is 0 Å². The molecule has 3 rings (SSSR count). The Morgan fingerprint density at radius 3 is 3.25 bits per heavy atom. The number of aromatic amines is 1. The molecule has 1 aliphatic rings. The fourth-order valence-corrected chi connectivity index (χ4v) is 2.71. The number of carbonyl (C=O) groups is 1. The highest BCUT2D eigenvalue weighted by Gasteiger charge is 2.32. The van der Waals surface area contributed by atoms with Gasteiger partial charge in [-0.05, 0) is 27.4 Å². The Hall–Kier alpha value is -2.19. The van der Waals surface area contributed by atoms with E-state index in [0.717, 1.165) is 0 Å². The van der Waals surface area contributed by atoms with Crippen LogP contribution in [0.3, 0.4) is 0 Å². The monoisotopic (exact) mass is 336 g/mol. The van der Waals surface area contributed by atoms with Crippen LogP contribution in [0.1, 0.15) is 6.42 Å². The Morgan fingerprint density at radius 1 is 1.60 bits per heavy atom. The number of halogens is 1. The molecule has 0 radical (unpaired) electrons. The van der Waals surface area contributed by atoms with Gasteiger partial charge in [0.15, 0.2) is 11.5 Å². The summed E-state index contributed by atoms with van der Waals surface area (Å²) in [5.41, 5.74) is 8.84. The summed E-state index contributed by atoms with van der Waals surface area (Å²) in [7, 11) is 0. The van der Waals surface area contributed by atoms with Crippen molar-refractivity contribution in [2.45, 2.75) is 6.42 Å². The van der Waals surface area contributed by atoms with Gasteiger partial charge in [-0.15, -0.1) is 0 Å². The summed E-state index contributed by atoms with van der Waals surface area (Å²) < 4.78 is 0.634. The van der Waals surface area contributed by atoms with Gasteiger partial charge in [0, 0.05) is 24.4 Å². The topological polar surface area (TPSA) is 124 Å². The van der Waals surface area contributed by atoms with Gasteiger partial charge >= 0.3 is 0 Å². The van der Waals surface area contributed by atoms with E-state index in [2.05, 4.69) is 46.1 Å². The number of hydrogen-bond acceptors (Lipinski definition) is 5. The Balaban J connectivity index is 1.97. The van der Waals surface area contributed by atoms with E-state index in [1.54, 1.807) is 4.90 Å². The first kappa shape index (κ1) is 12.8. The molecule has 1 fully saturated rings. The van der Waals surface area contributed by atoms with Crippen molar-refractivity contribution >= 4 is 38.7 Å². The first-order valence-corrected chi connectivity index (χ1v) is 6.65. The average Bonchev–Trinajstić information content (AvgIpc) is 3.00. The molecule has 20 heavy (non-hydrogen) atoms. The second-order valence-corrected chi connectivity index (χ2v) is 5.21. The number of carbonyl (C=O) groups excluding carboxylic acids is 1. The second kappa shape index (κ2) is 5.06. The smallest absolute Gasteiger partial charge is 0.228 e. The number of hydrogen-bond donors (Lipinski definition) is 1.